The fourth-order valence-corrected chi connectivity index (χ4v) is 2.63. The molecule has 0 spiro atoms. The van der Waals surface area contributed by atoms with Crippen molar-refractivity contribution in [3.05, 3.63) is 35.4 Å². The Bertz CT molecular complexity index is 514. The minimum absolute atomic E-state index is 0.0600. The first-order valence-electron chi connectivity index (χ1n) is 6.58. The van der Waals surface area contributed by atoms with E-state index in [9.17, 15) is 12.8 Å². The summed E-state index contributed by atoms with van der Waals surface area (Å²) in [5.41, 5.74) is 2.18. The highest BCUT2D eigenvalue weighted by molar-refractivity contribution is 7.85. The van der Waals surface area contributed by atoms with Crippen LogP contribution in [0.3, 0.4) is 0 Å². The molecule has 0 bridgehead atoms. The number of halogens is 1. The van der Waals surface area contributed by atoms with Gasteiger partial charge in [-0.2, -0.15) is 8.42 Å². The van der Waals surface area contributed by atoms with E-state index in [1.807, 2.05) is 45.0 Å². The largest absolute Gasteiger partial charge is 0.307 e. The lowest BCUT2D eigenvalue weighted by molar-refractivity contribution is 0.305. The van der Waals surface area contributed by atoms with E-state index >= 15 is 0 Å². The van der Waals surface area contributed by atoms with Crippen LogP contribution in [0.15, 0.2) is 24.3 Å². The molecule has 0 amide bonds. The van der Waals surface area contributed by atoms with Crippen LogP contribution in [0.4, 0.5) is 4.39 Å². The van der Waals surface area contributed by atoms with Gasteiger partial charge >= 0.3 is 0 Å². The summed E-state index contributed by atoms with van der Waals surface area (Å²) in [6.45, 7) is 5.89. The second-order valence-corrected chi connectivity index (χ2v) is 6.88. The fourth-order valence-electron chi connectivity index (χ4n) is 2.05. The molecule has 2 atom stereocenters. The molecular formula is C14H22FNO3S. The topological polar surface area (TPSA) is 66.4 Å². The molecular weight excluding hydrogens is 281 g/mol. The van der Waals surface area contributed by atoms with Crippen molar-refractivity contribution >= 4 is 10.1 Å². The van der Waals surface area contributed by atoms with Gasteiger partial charge in [-0.15, -0.1) is 0 Å². The van der Waals surface area contributed by atoms with E-state index in [-0.39, 0.29) is 18.5 Å². The highest BCUT2D eigenvalue weighted by atomic mass is 32.2. The van der Waals surface area contributed by atoms with Crippen LogP contribution in [0.1, 0.15) is 31.0 Å². The molecule has 2 N–H and O–H groups in total. The SMILES string of the molecule is Cc1ccc(C(NCC(F)CS(=O)(=O)O)C(C)C)cc1. The van der Waals surface area contributed by atoms with E-state index < -0.39 is 22.0 Å². The van der Waals surface area contributed by atoms with Crippen LogP contribution in [-0.4, -0.2) is 31.4 Å². The molecule has 0 aliphatic rings. The molecule has 0 heterocycles. The zero-order chi connectivity index (χ0) is 15.3. The minimum Gasteiger partial charge on any atom is -0.307 e. The predicted molar refractivity (Wildman–Crippen MR) is 78.1 cm³/mol. The maximum atomic E-state index is 13.5. The van der Waals surface area contributed by atoms with Crippen molar-refractivity contribution in [2.75, 3.05) is 12.3 Å². The van der Waals surface area contributed by atoms with Crippen LogP contribution in [0.2, 0.25) is 0 Å². The van der Waals surface area contributed by atoms with Gasteiger partial charge in [-0.25, -0.2) is 4.39 Å². The van der Waals surface area contributed by atoms with Crippen molar-refractivity contribution in [1.82, 2.24) is 5.32 Å². The smallest absolute Gasteiger partial charge is 0.267 e. The van der Waals surface area contributed by atoms with Gasteiger partial charge in [0.2, 0.25) is 0 Å². The minimum atomic E-state index is -4.28. The normalized spacial score (nSPS) is 15.3. The van der Waals surface area contributed by atoms with Gasteiger partial charge in [-0.3, -0.25) is 4.55 Å². The lowest BCUT2D eigenvalue weighted by atomic mass is 9.95. The Labute approximate surface area is 120 Å². The van der Waals surface area contributed by atoms with Gasteiger partial charge in [0.25, 0.3) is 10.1 Å². The third kappa shape index (κ3) is 5.98. The Balaban J connectivity index is 2.67. The summed E-state index contributed by atoms with van der Waals surface area (Å²) in [6.07, 6.45) is -1.63. The molecule has 0 aliphatic heterocycles. The summed E-state index contributed by atoms with van der Waals surface area (Å²) in [5.74, 6) is -0.644. The highest BCUT2D eigenvalue weighted by Crippen LogP contribution is 2.22. The monoisotopic (exact) mass is 303 g/mol. The number of hydrogen-bond donors (Lipinski definition) is 2. The Morgan fingerprint density at radius 1 is 1.25 bits per heavy atom. The molecule has 0 saturated heterocycles. The third-order valence-electron chi connectivity index (χ3n) is 3.05. The molecule has 0 aromatic heterocycles. The highest BCUT2D eigenvalue weighted by Gasteiger charge is 2.20. The average molecular weight is 303 g/mol. The molecule has 114 valence electrons. The summed E-state index contributed by atoms with van der Waals surface area (Å²) in [6, 6.07) is 7.86. The van der Waals surface area contributed by atoms with Crippen molar-refractivity contribution in [3.8, 4) is 0 Å². The van der Waals surface area contributed by atoms with Crippen LogP contribution in [0, 0.1) is 12.8 Å². The summed E-state index contributed by atoms with van der Waals surface area (Å²) in [5, 5.41) is 3.03. The second kappa shape index (κ2) is 7.15. The molecule has 0 aliphatic carbocycles. The van der Waals surface area contributed by atoms with Crippen LogP contribution >= 0.6 is 0 Å². The van der Waals surface area contributed by atoms with Gasteiger partial charge in [-0.1, -0.05) is 43.7 Å². The summed E-state index contributed by atoms with van der Waals surface area (Å²) < 4.78 is 43.3. The lowest BCUT2D eigenvalue weighted by Gasteiger charge is -2.24. The van der Waals surface area contributed by atoms with E-state index in [1.165, 1.54) is 0 Å². The average Bonchev–Trinajstić information content (AvgIpc) is 2.29. The molecule has 0 fully saturated rings. The molecule has 0 saturated carbocycles. The molecule has 0 radical (unpaired) electrons. The Morgan fingerprint density at radius 2 is 1.80 bits per heavy atom. The standard InChI is InChI=1S/C14H22FNO3S/c1-10(2)14(12-6-4-11(3)5-7-12)16-8-13(15)9-20(17,18)19/h4-7,10,13-14,16H,8-9H2,1-3H3,(H,17,18,19). The van der Waals surface area contributed by atoms with E-state index in [2.05, 4.69) is 5.32 Å². The predicted octanol–water partition coefficient (Wildman–Crippen LogP) is 2.51. The first-order chi connectivity index (χ1) is 9.19. The van der Waals surface area contributed by atoms with Crippen molar-refractivity contribution in [2.45, 2.75) is 33.0 Å². The van der Waals surface area contributed by atoms with Crippen LogP contribution in [0.5, 0.6) is 0 Å². The van der Waals surface area contributed by atoms with Crippen molar-refractivity contribution in [1.29, 1.82) is 0 Å². The number of aryl methyl sites for hydroxylation is 1. The molecule has 6 heteroatoms. The quantitative estimate of drug-likeness (QED) is 0.760. The fraction of sp³-hybridized carbons (Fsp3) is 0.571. The maximum Gasteiger partial charge on any atom is 0.267 e. The Kier molecular flexibility index (Phi) is 6.10. The number of hydrogen-bond acceptors (Lipinski definition) is 3. The molecule has 1 aromatic carbocycles. The molecule has 20 heavy (non-hydrogen) atoms. The van der Waals surface area contributed by atoms with E-state index in [4.69, 9.17) is 4.55 Å². The maximum absolute atomic E-state index is 13.5. The van der Waals surface area contributed by atoms with Gasteiger partial charge in [0.1, 0.15) is 11.9 Å². The lowest BCUT2D eigenvalue weighted by Crippen LogP contribution is -2.34. The molecule has 1 aromatic rings. The zero-order valence-corrected chi connectivity index (χ0v) is 12.8. The van der Waals surface area contributed by atoms with E-state index in [0.29, 0.717) is 0 Å². The third-order valence-corrected chi connectivity index (χ3v) is 3.84. The first kappa shape index (κ1) is 17.1. The number of nitrogens with one attached hydrogen (secondary N) is 1. The molecule has 2 unspecified atom stereocenters. The van der Waals surface area contributed by atoms with Crippen molar-refractivity contribution in [2.24, 2.45) is 5.92 Å². The van der Waals surface area contributed by atoms with Crippen molar-refractivity contribution < 1.29 is 17.4 Å². The zero-order valence-electron chi connectivity index (χ0n) is 12.0. The summed E-state index contributed by atoms with van der Waals surface area (Å²) >= 11 is 0. The molecule has 1 rings (SSSR count). The van der Waals surface area contributed by atoms with Gasteiger partial charge in [-0.05, 0) is 18.4 Å². The van der Waals surface area contributed by atoms with Gasteiger partial charge in [0.05, 0.1) is 0 Å². The molecule has 4 nitrogen and oxygen atoms in total. The summed E-state index contributed by atoms with van der Waals surface area (Å²) in [4.78, 5) is 0. The van der Waals surface area contributed by atoms with Gasteiger partial charge in [0.15, 0.2) is 0 Å². The Morgan fingerprint density at radius 3 is 2.25 bits per heavy atom. The van der Waals surface area contributed by atoms with Crippen LogP contribution in [0.25, 0.3) is 0 Å². The van der Waals surface area contributed by atoms with Crippen LogP contribution in [-0.2, 0) is 10.1 Å². The van der Waals surface area contributed by atoms with Crippen molar-refractivity contribution in [3.63, 3.8) is 0 Å². The first-order valence-corrected chi connectivity index (χ1v) is 8.19. The van der Waals surface area contributed by atoms with Gasteiger partial charge in [0, 0.05) is 12.6 Å². The summed E-state index contributed by atoms with van der Waals surface area (Å²) in [7, 11) is -4.28. The van der Waals surface area contributed by atoms with Gasteiger partial charge < -0.3 is 5.32 Å². The van der Waals surface area contributed by atoms with E-state index in [1.54, 1.807) is 0 Å². The second-order valence-electron chi connectivity index (χ2n) is 5.39. The number of rotatable bonds is 7. The Hall–Kier alpha value is -0.980. The number of alkyl halides is 1. The van der Waals surface area contributed by atoms with Crippen LogP contribution < -0.4 is 5.32 Å². The van der Waals surface area contributed by atoms with E-state index in [0.717, 1.165) is 11.1 Å². The number of benzene rings is 1.